The summed E-state index contributed by atoms with van der Waals surface area (Å²) in [4.78, 5) is 0. The highest BCUT2D eigenvalue weighted by molar-refractivity contribution is 5.22. The van der Waals surface area contributed by atoms with Gasteiger partial charge in [-0.1, -0.05) is 0 Å². The first kappa shape index (κ1) is 13.0. The van der Waals surface area contributed by atoms with Crippen molar-refractivity contribution in [2.24, 2.45) is 11.7 Å². The molecule has 1 saturated carbocycles. The summed E-state index contributed by atoms with van der Waals surface area (Å²) in [6.07, 6.45) is 5.16. The van der Waals surface area contributed by atoms with E-state index in [0.29, 0.717) is 12.2 Å². The number of ether oxygens (including phenoxy) is 1. The molecule has 2 aliphatic rings. The van der Waals surface area contributed by atoms with Crippen LogP contribution in [0.3, 0.4) is 0 Å². The van der Waals surface area contributed by atoms with Gasteiger partial charge in [0, 0.05) is 18.7 Å². The molecule has 1 aliphatic carbocycles. The van der Waals surface area contributed by atoms with E-state index in [4.69, 9.17) is 10.5 Å². The Morgan fingerprint density at radius 2 is 1.89 bits per heavy atom. The standard InChI is InChI=1S/C15H19F2NO/c16-12-6-11(7-13(17)8-12)14(18)10-2-5-19-15(9-10)3-1-4-15/h6-8,10,14H,1-5,9,18H2. The number of hydrogen-bond donors (Lipinski definition) is 1. The molecule has 0 aromatic heterocycles. The zero-order chi connectivity index (χ0) is 13.5. The van der Waals surface area contributed by atoms with Crippen molar-refractivity contribution in [3.05, 3.63) is 35.4 Å². The quantitative estimate of drug-likeness (QED) is 0.892. The molecule has 19 heavy (non-hydrogen) atoms. The maximum absolute atomic E-state index is 13.3. The first-order valence-electron chi connectivity index (χ1n) is 6.94. The Hall–Kier alpha value is -1.00. The fourth-order valence-corrected chi connectivity index (χ4v) is 3.33. The van der Waals surface area contributed by atoms with Crippen molar-refractivity contribution < 1.29 is 13.5 Å². The van der Waals surface area contributed by atoms with Gasteiger partial charge in [-0.3, -0.25) is 0 Å². The third kappa shape index (κ3) is 2.51. The van der Waals surface area contributed by atoms with E-state index >= 15 is 0 Å². The summed E-state index contributed by atoms with van der Waals surface area (Å²) >= 11 is 0. The van der Waals surface area contributed by atoms with Gasteiger partial charge in [-0.05, 0) is 55.7 Å². The average Bonchev–Trinajstić information content (AvgIpc) is 2.35. The third-order valence-electron chi connectivity index (χ3n) is 4.57. The van der Waals surface area contributed by atoms with Crippen LogP contribution in [-0.4, -0.2) is 12.2 Å². The average molecular weight is 267 g/mol. The van der Waals surface area contributed by atoms with E-state index in [1.165, 1.54) is 18.6 Å². The molecule has 2 N–H and O–H groups in total. The Kier molecular flexibility index (Phi) is 3.31. The van der Waals surface area contributed by atoms with Crippen LogP contribution in [0.25, 0.3) is 0 Å². The van der Waals surface area contributed by atoms with Crippen molar-refractivity contribution in [2.45, 2.75) is 43.7 Å². The lowest BCUT2D eigenvalue weighted by atomic mass is 9.70. The van der Waals surface area contributed by atoms with Crippen molar-refractivity contribution in [1.29, 1.82) is 0 Å². The molecule has 1 aromatic rings. The van der Waals surface area contributed by atoms with E-state index < -0.39 is 11.6 Å². The van der Waals surface area contributed by atoms with Gasteiger partial charge in [-0.2, -0.15) is 0 Å². The van der Waals surface area contributed by atoms with Crippen LogP contribution in [0.4, 0.5) is 8.78 Å². The molecule has 104 valence electrons. The summed E-state index contributed by atoms with van der Waals surface area (Å²) in [5.41, 5.74) is 6.78. The van der Waals surface area contributed by atoms with Crippen LogP contribution < -0.4 is 5.73 Å². The second-order valence-electron chi connectivity index (χ2n) is 5.87. The topological polar surface area (TPSA) is 35.2 Å². The number of benzene rings is 1. The summed E-state index contributed by atoms with van der Waals surface area (Å²) in [5, 5.41) is 0. The van der Waals surface area contributed by atoms with E-state index in [-0.39, 0.29) is 17.6 Å². The van der Waals surface area contributed by atoms with Crippen LogP contribution in [0.5, 0.6) is 0 Å². The summed E-state index contributed by atoms with van der Waals surface area (Å²) < 4.78 is 32.4. The Labute approximate surface area is 111 Å². The Bertz CT molecular complexity index is 453. The highest BCUT2D eigenvalue weighted by Crippen LogP contribution is 2.46. The predicted octanol–water partition coefficient (Wildman–Crippen LogP) is 3.31. The Balaban J connectivity index is 1.77. The van der Waals surface area contributed by atoms with Gasteiger partial charge in [0.25, 0.3) is 0 Å². The molecule has 0 radical (unpaired) electrons. The van der Waals surface area contributed by atoms with Crippen LogP contribution in [0.15, 0.2) is 18.2 Å². The molecule has 2 unspecified atom stereocenters. The summed E-state index contributed by atoms with van der Waals surface area (Å²) in [7, 11) is 0. The third-order valence-corrected chi connectivity index (χ3v) is 4.57. The lowest BCUT2D eigenvalue weighted by Crippen LogP contribution is -2.47. The van der Waals surface area contributed by atoms with Crippen LogP contribution >= 0.6 is 0 Å². The van der Waals surface area contributed by atoms with E-state index in [9.17, 15) is 8.78 Å². The molecule has 3 rings (SSSR count). The molecule has 1 heterocycles. The smallest absolute Gasteiger partial charge is 0.126 e. The predicted molar refractivity (Wildman–Crippen MR) is 68.5 cm³/mol. The van der Waals surface area contributed by atoms with Crippen molar-refractivity contribution in [3.8, 4) is 0 Å². The highest BCUT2D eigenvalue weighted by atomic mass is 19.1. The van der Waals surface area contributed by atoms with Gasteiger partial charge in [0.05, 0.1) is 5.60 Å². The zero-order valence-electron chi connectivity index (χ0n) is 10.9. The summed E-state index contributed by atoms with van der Waals surface area (Å²) in [6.45, 7) is 0.705. The molecule has 1 aliphatic heterocycles. The van der Waals surface area contributed by atoms with Crippen LogP contribution in [0, 0.1) is 17.6 Å². The second-order valence-corrected chi connectivity index (χ2v) is 5.87. The molecular formula is C15H19F2NO. The number of nitrogens with two attached hydrogens (primary N) is 1. The molecule has 1 spiro atoms. The molecule has 0 amide bonds. The van der Waals surface area contributed by atoms with Crippen LogP contribution in [0.2, 0.25) is 0 Å². The first-order valence-corrected chi connectivity index (χ1v) is 6.94. The van der Waals surface area contributed by atoms with E-state index in [0.717, 1.165) is 31.7 Å². The fraction of sp³-hybridized carbons (Fsp3) is 0.600. The van der Waals surface area contributed by atoms with Gasteiger partial charge in [0.1, 0.15) is 11.6 Å². The van der Waals surface area contributed by atoms with Gasteiger partial charge >= 0.3 is 0 Å². The largest absolute Gasteiger partial charge is 0.375 e. The minimum atomic E-state index is -0.559. The molecule has 2 nitrogen and oxygen atoms in total. The van der Waals surface area contributed by atoms with Gasteiger partial charge in [0.15, 0.2) is 0 Å². The van der Waals surface area contributed by atoms with E-state index in [1.54, 1.807) is 0 Å². The highest BCUT2D eigenvalue weighted by Gasteiger charge is 2.43. The molecule has 0 bridgehead atoms. The van der Waals surface area contributed by atoms with Crippen molar-refractivity contribution in [1.82, 2.24) is 0 Å². The number of hydrogen-bond acceptors (Lipinski definition) is 2. The Morgan fingerprint density at radius 1 is 1.21 bits per heavy atom. The van der Waals surface area contributed by atoms with Gasteiger partial charge < -0.3 is 10.5 Å². The maximum atomic E-state index is 13.3. The first-order chi connectivity index (χ1) is 9.08. The zero-order valence-corrected chi connectivity index (χ0v) is 10.9. The van der Waals surface area contributed by atoms with Crippen molar-refractivity contribution in [2.75, 3.05) is 6.61 Å². The molecule has 2 fully saturated rings. The van der Waals surface area contributed by atoms with E-state index in [1.807, 2.05) is 0 Å². The van der Waals surface area contributed by atoms with Gasteiger partial charge in [0.2, 0.25) is 0 Å². The second kappa shape index (κ2) is 4.84. The summed E-state index contributed by atoms with van der Waals surface area (Å²) in [6, 6.07) is 3.26. The molecule has 4 heteroatoms. The molecule has 2 atom stereocenters. The van der Waals surface area contributed by atoms with Gasteiger partial charge in [-0.15, -0.1) is 0 Å². The van der Waals surface area contributed by atoms with E-state index in [2.05, 4.69) is 0 Å². The van der Waals surface area contributed by atoms with Gasteiger partial charge in [-0.25, -0.2) is 8.78 Å². The SMILES string of the molecule is NC(c1cc(F)cc(F)c1)C1CCOC2(CCC2)C1. The van der Waals surface area contributed by atoms with Crippen molar-refractivity contribution >= 4 is 0 Å². The van der Waals surface area contributed by atoms with Crippen LogP contribution in [-0.2, 0) is 4.74 Å². The minimum absolute atomic E-state index is 0.00636. The number of halogens is 2. The Morgan fingerprint density at radius 3 is 2.47 bits per heavy atom. The summed E-state index contributed by atoms with van der Waals surface area (Å²) in [5.74, 6) is -0.873. The monoisotopic (exact) mass is 267 g/mol. The van der Waals surface area contributed by atoms with Crippen molar-refractivity contribution in [3.63, 3.8) is 0 Å². The normalized spacial score (nSPS) is 27.0. The lowest BCUT2D eigenvalue weighted by molar-refractivity contribution is -0.146. The molecular weight excluding hydrogens is 248 g/mol. The maximum Gasteiger partial charge on any atom is 0.126 e. The van der Waals surface area contributed by atoms with Crippen LogP contribution in [0.1, 0.15) is 43.7 Å². The fourth-order valence-electron chi connectivity index (χ4n) is 3.33. The minimum Gasteiger partial charge on any atom is -0.375 e. The number of rotatable bonds is 2. The molecule has 1 aromatic carbocycles. The molecule has 1 saturated heterocycles. The lowest BCUT2D eigenvalue weighted by Gasteiger charge is -2.48.